The molecule has 0 amide bonds. The number of hydrogen-bond donors (Lipinski definition) is 0. The van der Waals surface area contributed by atoms with Crippen molar-refractivity contribution in [2.45, 2.75) is 6.29 Å². The van der Waals surface area contributed by atoms with Gasteiger partial charge in [0.25, 0.3) is 0 Å². The van der Waals surface area contributed by atoms with Gasteiger partial charge < -0.3 is 14.0 Å². The molecule has 4 nitrogen and oxygen atoms in total. The van der Waals surface area contributed by atoms with Crippen LogP contribution in [0.3, 0.4) is 0 Å². The molecule has 1 rings (SSSR count). The average Bonchev–Trinajstić information content (AvgIpc) is 2.19. The van der Waals surface area contributed by atoms with Crippen molar-refractivity contribution in [3.05, 3.63) is 24.0 Å². The summed E-state index contributed by atoms with van der Waals surface area (Å²) in [6.45, 7) is 3.42. The lowest BCUT2D eigenvalue weighted by molar-refractivity contribution is -0.106. The van der Waals surface area contributed by atoms with E-state index >= 15 is 0 Å². The number of ether oxygens (including phenoxy) is 2. The first-order valence-corrected chi connectivity index (χ1v) is 7.15. The monoisotopic (exact) mass is 229 g/mol. The minimum atomic E-state index is -2.28. The Kier molecular flexibility index (Phi) is 4.03. The van der Waals surface area contributed by atoms with Crippen LogP contribution in [0.2, 0.25) is 0 Å². The molecule has 0 aromatic carbocycles. The summed E-state index contributed by atoms with van der Waals surface area (Å²) in [5.74, 6) is 0. The fourth-order valence-corrected chi connectivity index (χ4v) is 2.04. The Morgan fingerprint density at radius 1 is 1.27 bits per heavy atom. The summed E-state index contributed by atoms with van der Waals surface area (Å²) in [4.78, 5) is 4.04. The van der Waals surface area contributed by atoms with Gasteiger partial charge in [0.15, 0.2) is 6.29 Å². The molecule has 0 fully saturated rings. The maximum atomic E-state index is 11.8. The summed E-state index contributed by atoms with van der Waals surface area (Å²) in [6.07, 6.45) is 2.81. The van der Waals surface area contributed by atoms with Gasteiger partial charge in [0.2, 0.25) is 0 Å². The average molecular weight is 229 g/mol. The summed E-state index contributed by atoms with van der Waals surface area (Å²) in [5.41, 5.74) is 0.779. The summed E-state index contributed by atoms with van der Waals surface area (Å²) < 4.78 is 22.0. The van der Waals surface area contributed by atoms with Crippen molar-refractivity contribution in [1.82, 2.24) is 4.98 Å². The molecule has 0 aliphatic rings. The maximum Gasteiger partial charge on any atom is 0.184 e. The second kappa shape index (κ2) is 4.88. The number of nitrogens with zero attached hydrogens (tertiary/aromatic N) is 1. The number of methoxy groups -OCH3 is 2. The molecule has 0 radical (unpaired) electrons. The van der Waals surface area contributed by atoms with E-state index in [-0.39, 0.29) is 0 Å². The molecule has 0 N–H and O–H groups in total. The third-order valence-corrected chi connectivity index (χ3v) is 3.56. The lowest BCUT2D eigenvalue weighted by Crippen LogP contribution is -2.10. The fraction of sp³-hybridized carbons (Fsp3) is 0.500. The highest BCUT2D eigenvalue weighted by Crippen LogP contribution is 2.34. The van der Waals surface area contributed by atoms with Gasteiger partial charge in [-0.05, 0) is 19.4 Å². The van der Waals surface area contributed by atoms with Crippen molar-refractivity contribution < 1.29 is 14.0 Å². The van der Waals surface area contributed by atoms with Crippen LogP contribution in [-0.4, -0.2) is 32.5 Å². The highest BCUT2D eigenvalue weighted by atomic mass is 31.2. The lowest BCUT2D eigenvalue weighted by Gasteiger charge is -2.15. The lowest BCUT2D eigenvalue weighted by atomic mass is 10.3. The second-order valence-electron chi connectivity index (χ2n) is 3.63. The Morgan fingerprint density at radius 2 is 1.87 bits per heavy atom. The Balaban J connectivity index is 3.07. The van der Waals surface area contributed by atoms with Crippen LogP contribution < -0.4 is 5.30 Å². The van der Waals surface area contributed by atoms with Crippen LogP contribution in [0.5, 0.6) is 0 Å². The molecule has 0 spiro atoms. The van der Waals surface area contributed by atoms with Crippen LogP contribution in [0.25, 0.3) is 0 Å². The largest absolute Gasteiger partial charge is 0.352 e. The highest BCUT2D eigenvalue weighted by Gasteiger charge is 2.15. The van der Waals surface area contributed by atoms with Crippen LogP contribution in [0.1, 0.15) is 11.9 Å². The van der Waals surface area contributed by atoms with Gasteiger partial charge in [-0.1, -0.05) is 0 Å². The Morgan fingerprint density at radius 3 is 2.33 bits per heavy atom. The van der Waals surface area contributed by atoms with E-state index in [0.717, 1.165) is 10.9 Å². The summed E-state index contributed by atoms with van der Waals surface area (Å²) >= 11 is 0. The van der Waals surface area contributed by atoms with E-state index in [9.17, 15) is 4.57 Å². The highest BCUT2D eigenvalue weighted by molar-refractivity contribution is 7.70. The first-order valence-electron chi connectivity index (χ1n) is 4.55. The van der Waals surface area contributed by atoms with Gasteiger partial charge in [-0.2, -0.15) is 0 Å². The molecular formula is C10H16NO3P. The molecule has 5 heteroatoms. The maximum absolute atomic E-state index is 11.8. The van der Waals surface area contributed by atoms with E-state index in [4.69, 9.17) is 9.47 Å². The van der Waals surface area contributed by atoms with Crippen molar-refractivity contribution >= 4 is 12.4 Å². The third kappa shape index (κ3) is 3.13. The Hall–Kier alpha value is -0.700. The van der Waals surface area contributed by atoms with Crippen molar-refractivity contribution in [3.63, 3.8) is 0 Å². The van der Waals surface area contributed by atoms with Gasteiger partial charge in [0.05, 0.1) is 0 Å². The first kappa shape index (κ1) is 12.4. The van der Waals surface area contributed by atoms with Crippen LogP contribution in [0.4, 0.5) is 0 Å². The fourth-order valence-electron chi connectivity index (χ4n) is 1.24. The molecule has 0 aliphatic carbocycles. The van der Waals surface area contributed by atoms with Crippen molar-refractivity contribution in [2.75, 3.05) is 27.5 Å². The molecule has 0 unspecified atom stereocenters. The van der Waals surface area contributed by atoms with Crippen molar-refractivity contribution in [3.8, 4) is 0 Å². The molecule has 0 saturated heterocycles. The minimum absolute atomic E-state index is 0.455. The van der Waals surface area contributed by atoms with Crippen LogP contribution in [0, 0.1) is 0 Å². The van der Waals surface area contributed by atoms with E-state index in [0.29, 0.717) is 0 Å². The molecule has 1 aromatic heterocycles. The van der Waals surface area contributed by atoms with Gasteiger partial charge >= 0.3 is 0 Å². The molecule has 84 valence electrons. The summed E-state index contributed by atoms with van der Waals surface area (Å²) in [5, 5.41) is 0.735. The summed E-state index contributed by atoms with van der Waals surface area (Å²) in [7, 11) is 0.828. The van der Waals surface area contributed by atoms with Crippen LogP contribution >= 0.6 is 7.14 Å². The zero-order chi connectivity index (χ0) is 11.5. The minimum Gasteiger partial charge on any atom is -0.352 e. The second-order valence-corrected chi connectivity index (χ2v) is 6.85. The predicted octanol–water partition coefficient (Wildman–Crippen LogP) is 1.62. The van der Waals surface area contributed by atoms with E-state index in [1.807, 2.05) is 6.07 Å². The SMILES string of the molecule is COC(OC)c1cncc(P(C)(C)=O)c1. The van der Waals surface area contributed by atoms with Gasteiger partial charge in [0, 0.05) is 37.5 Å². The van der Waals surface area contributed by atoms with Crippen molar-refractivity contribution in [2.24, 2.45) is 0 Å². The normalized spacial score (nSPS) is 12.1. The van der Waals surface area contributed by atoms with Crippen LogP contribution in [-0.2, 0) is 14.0 Å². The summed E-state index contributed by atoms with van der Waals surface area (Å²) in [6, 6.07) is 1.81. The third-order valence-electron chi connectivity index (χ3n) is 2.07. The Labute approximate surface area is 90.0 Å². The van der Waals surface area contributed by atoms with Gasteiger partial charge in [-0.15, -0.1) is 0 Å². The standard InChI is InChI=1S/C10H16NO3P/c1-13-10(14-2)8-5-9(7-11-6-8)15(3,4)12/h5-7,10H,1-4H3. The number of hydrogen-bond acceptors (Lipinski definition) is 4. The molecule has 15 heavy (non-hydrogen) atoms. The van der Waals surface area contributed by atoms with Crippen LogP contribution in [0.15, 0.2) is 18.5 Å². The van der Waals surface area contributed by atoms with Gasteiger partial charge in [-0.25, -0.2) is 0 Å². The van der Waals surface area contributed by atoms with Gasteiger partial charge in [-0.3, -0.25) is 4.98 Å². The first-order chi connectivity index (χ1) is 6.99. The molecule has 1 aromatic rings. The van der Waals surface area contributed by atoms with E-state index < -0.39 is 13.4 Å². The van der Waals surface area contributed by atoms with E-state index in [2.05, 4.69) is 4.98 Å². The quantitative estimate of drug-likeness (QED) is 0.581. The zero-order valence-corrected chi connectivity index (χ0v) is 10.3. The number of pyridine rings is 1. The van der Waals surface area contributed by atoms with Crippen molar-refractivity contribution in [1.29, 1.82) is 0 Å². The Bertz CT molecular complexity index is 371. The van der Waals surface area contributed by atoms with E-state index in [1.165, 1.54) is 0 Å². The topological polar surface area (TPSA) is 48.4 Å². The van der Waals surface area contributed by atoms with E-state index in [1.54, 1.807) is 39.9 Å². The molecule has 1 heterocycles. The molecule has 0 aliphatic heterocycles. The molecular weight excluding hydrogens is 213 g/mol. The smallest absolute Gasteiger partial charge is 0.184 e. The zero-order valence-electron chi connectivity index (χ0n) is 9.43. The molecule has 0 atom stereocenters. The molecule has 0 bridgehead atoms. The predicted molar refractivity (Wildman–Crippen MR) is 60.1 cm³/mol. The molecule has 0 saturated carbocycles. The van der Waals surface area contributed by atoms with Gasteiger partial charge in [0.1, 0.15) is 7.14 Å². The number of rotatable bonds is 4. The number of aromatic nitrogens is 1.